The second-order valence-electron chi connectivity index (χ2n) is 17.1. The summed E-state index contributed by atoms with van der Waals surface area (Å²) >= 11 is 0. The van der Waals surface area contributed by atoms with Crippen LogP contribution in [-0.2, 0) is 51.8 Å². The summed E-state index contributed by atoms with van der Waals surface area (Å²) in [5.74, 6) is -3.99. The number of fused-ring (bicyclic) bond motifs is 1. The van der Waals surface area contributed by atoms with Crippen molar-refractivity contribution in [3.63, 3.8) is 0 Å². The molecule has 0 radical (unpaired) electrons. The molecule has 0 spiro atoms. The number of rotatable bonds is 13. The highest BCUT2D eigenvalue weighted by atomic mass is 32.2. The van der Waals surface area contributed by atoms with E-state index in [1.807, 2.05) is 0 Å². The van der Waals surface area contributed by atoms with Gasteiger partial charge in [-0.25, -0.2) is 22.4 Å². The molecule has 2 aliphatic carbocycles. The van der Waals surface area contributed by atoms with Crippen molar-refractivity contribution in [1.29, 1.82) is 0 Å². The zero-order valence-corrected chi connectivity index (χ0v) is 33.7. The van der Waals surface area contributed by atoms with Gasteiger partial charge in [0.05, 0.1) is 18.3 Å². The predicted octanol–water partition coefficient (Wildman–Crippen LogP) is 3.76. The highest BCUT2D eigenvalue weighted by Gasteiger charge is 2.62. The second kappa shape index (κ2) is 15.6. The minimum absolute atomic E-state index is 0.0434. The highest BCUT2D eigenvalue weighted by molar-refractivity contribution is 7.91. The lowest BCUT2D eigenvalue weighted by atomic mass is 9.78. The number of carbonyl (C=O) groups is 6. The monoisotopic (exact) mass is 801 g/mol. The average molecular weight is 802 g/mol. The van der Waals surface area contributed by atoms with E-state index in [2.05, 4.69) is 21.9 Å². The van der Waals surface area contributed by atoms with Gasteiger partial charge in [0.25, 0.3) is 5.91 Å². The topological polar surface area (TPSA) is 198 Å². The predicted molar refractivity (Wildman–Crippen MR) is 201 cm³/mol. The van der Waals surface area contributed by atoms with E-state index in [0.717, 1.165) is 10.5 Å². The summed E-state index contributed by atoms with van der Waals surface area (Å²) in [6.45, 7) is 15.0. The van der Waals surface area contributed by atoms with Gasteiger partial charge in [0.15, 0.2) is 5.78 Å². The Morgan fingerprint density at radius 3 is 2.32 bits per heavy atom. The SMILES string of the molecule is C=CC1CC1(NC(=O)[C@@H]1C[C@@H](OC(=O)N2Cc3cccc(F)c3C2)CN1C(=O)[C@@H](NC(=O)OC(C)(C)C)C(C)(C)CC(=O)C=C(C)C)C(=O)NS(=O)(=O)C1CC1. The third-order valence-electron chi connectivity index (χ3n) is 10.3. The van der Waals surface area contributed by atoms with Crippen molar-refractivity contribution in [2.75, 3.05) is 6.54 Å². The number of nitrogens with zero attached hydrogens (tertiary/aromatic N) is 2. The second-order valence-corrected chi connectivity index (χ2v) is 19.1. The van der Waals surface area contributed by atoms with E-state index < -0.39 is 91.7 Å². The summed E-state index contributed by atoms with van der Waals surface area (Å²) in [6.07, 6.45) is 0.399. The normalized spacial score (nSPS) is 23.6. The number of halogens is 1. The number of ketones is 1. The van der Waals surface area contributed by atoms with Crippen LogP contribution in [-0.4, -0.2) is 95.0 Å². The first-order valence-corrected chi connectivity index (χ1v) is 20.2. The van der Waals surface area contributed by atoms with E-state index in [9.17, 15) is 41.6 Å². The Morgan fingerprint density at radius 1 is 1.07 bits per heavy atom. The molecule has 1 saturated heterocycles. The maximum Gasteiger partial charge on any atom is 0.410 e. The first-order valence-electron chi connectivity index (χ1n) is 18.7. The molecule has 2 heterocycles. The summed E-state index contributed by atoms with van der Waals surface area (Å²) in [6, 6.07) is 1.68. The van der Waals surface area contributed by atoms with Crippen molar-refractivity contribution in [3.05, 3.63) is 59.4 Å². The van der Waals surface area contributed by atoms with Crippen LogP contribution in [0.15, 0.2) is 42.5 Å². The molecule has 5 rings (SSSR count). The molecule has 4 aliphatic rings. The maximum absolute atomic E-state index is 14.8. The van der Waals surface area contributed by atoms with Gasteiger partial charge in [-0.3, -0.25) is 28.8 Å². The molecule has 5 amide bonds. The number of hydrogen-bond donors (Lipinski definition) is 3. The summed E-state index contributed by atoms with van der Waals surface area (Å²) < 4.78 is 53.3. The maximum atomic E-state index is 14.8. The number of benzene rings is 1. The molecule has 1 aromatic carbocycles. The average Bonchev–Trinajstić information content (AvgIpc) is 3.96. The molecule has 17 heteroatoms. The standard InChI is InChI=1S/C39H52FN5O10S/c1-9-24-17-39(24,34(49)43-56(52,53)27-13-14-27)42-32(47)30-16-26(54-36(51)44-19-23-11-10-12-29(40)28(23)21-44)20-45(30)33(48)31(41-35(50)55-37(4,5)6)38(7,8)18-25(46)15-22(2)3/h9-12,15,24,26-27,30-31H,1,13-14,16-21H2,2-8H3,(H,41,50)(H,42,47)(H,43,49)/t24?,26-,30+,31-,39?/m1/s1. The Labute approximate surface area is 326 Å². The molecule has 56 heavy (non-hydrogen) atoms. The van der Waals surface area contributed by atoms with Gasteiger partial charge in [-0.05, 0) is 71.6 Å². The van der Waals surface area contributed by atoms with Gasteiger partial charge in [0.2, 0.25) is 21.8 Å². The van der Waals surface area contributed by atoms with Crippen LogP contribution in [0.3, 0.4) is 0 Å². The molecule has 3 fully saturated rings. The van der Waals surface area contributed by atoms with Crippen molar-refractivity contribution in [2.24, 2.45) is 11.3 Å². The van der Waals surface area contributed by atoms with E-state index in [1.54, 1.807) is 54.5 Å². The van der Waals surface area contributed by atoms with Crippen LogP contribution >= 0.6 is 0 Å². The Morgan fingerprint density at radius 2 is 1.75 bits per heavy atom. The molecule has 306 valence electrons. The van der Waals surface area contributed by atoms with Crippen LogP contribution in [0.2, 0.25) is 0 Å². The number of carbonyl (C=O) groups excluding carboxylic acids is 6. The van der Waals surface area contributed by atoms with Crippen LogP contribution in [0.25, 0.3) is 0 Å². The fraction of sp³-hybridized carbons (Fsp3) is 0.590. The lowest BCUT2D eigenvalue weighted by molar-refractivity contribution is -0.143. The van der Waals surface area contributed by atoms with Crippen LogP contribution in [0, 0.1) is 17.2 Å². The Hall–Kier alpha value is -4.80. The Bertz CT molecular complexity index is 1950. The number of alkyl carbamates (subject to hydrolysis) is 1. The van der Waals surface area contributed by atoms with Crippen LogP contribution in [0.5, 0.6) is 0 Å². The van der Waals surface area contributed by atoms with Gasteiger partial charge in [0, 0.05) is 36.3 Å². The number of hydrogen-bond acceptors (Lipinski definition) is 10. The minimum atomic E-state index is -3.98. The summed E-state index contributed by atoms with van der Waals surface area (Å²) in [5.41, 5.74) is -2.22. The van der Waals surface area contributed by atoms with Crippen molar-refractivity contribution in [3.8, 4) is 0 Å². The van der Waals surface area contributed by atoms with Crippen molar-refractivity contribution in [2.45, 2.75) is 128 Å². The molecule has 3 N–H and O–H groups in total. The molecule has 2 unspecified atom stereocenters. The molecule has 15 nitrogen and oxygen atoms in total. The molecule has 0 bridgehead atoms. The van der Waals surface area contributed by atoms with E-state index in [1.165, 1.54) is 29.2 Å². The molecule has 1 aromatic rings. The van der Waals surface area contributed by atoms with Crippen LogP contribution in [0.1, 0.15) is 91.7 Å². The molecule has 2 aliphatic heterocycles. The number of sulfonamides is 1. The number of nitrogens with one attached hydrogen (secondary N) is 3. The molecular weight excluding hydrogens is 750 g/mol. The number of amides is 5. The summed E-state index contributed by atoms with van der Waals surface area (Å²) in [7, 11) is -3.98. The van der Waals surface area contributed by atoms with E-state index >= 15 is 0 Å². The number of ether oxygens (including phenoxy) is 2. The zero-order chi connectivity index (χ0) is 41.5. The van der Waals surface area contributed by atoms with Crippen LogP contribution < -0.4 is 15.4 Å². The van der Waals surface area contributed by atoms with Crippen molar-refractivity contribution in [1.82, 2.24) is 25.2 Å². The minimum Gasteiger partial charge on any atom is -0.444 e. The quantitative estimate of drug-likeness (QED) is 0.195. The first-order chi connectivity index (χ1) is 26.0. The van der Waals surface area contributed by atoms with Crippen LogP contribution in [0.4, 0.5) is 14.0 Å². The van der Waals surface area contributed by atoms with Gasteiger partial charge in [-0.2, -0.15) is 0 Å². The van der Waals surface area contributed by atoms with E-state index in [-0.39, 0.29) is 44.7 Å². The van der Waals surface area contributed by atoms with Gasteiger partial charge < -0.3 is 25.0 Å². The van der Waals surface area contributed by atoms with Crippen molar-refractivity contribution < 1.29 is 51.0 Å². The first kappa shape index (κ1) is 42.3. The highest BCUT2D eigenvalue weighted by Crippen LogP contribution is 2.45. The fourth-order valence-electron chi connectivity index (χ4n) is 7.23. The number of allylic oxidation sites excluding steroid dienone is 2. The van der Waals surface area contributed by atoms with Gasteiger partial charge >= 0.3 is 12.2 Å². The summed E-state index contributed by atoms with van der Waals surface area (Å²) in [4.78, 5) is 84.7. The van der Waals surface area contributed by atoms with Gasteiger partial charge in [-0.1, -0.05) is 37.6 Å². The molecule has 0 aromatic heterocycles. The molecular formula is C39H52FN5O10S. The lowest BCUT2D eigenvalue weighted by Gasteiger charge is -2.37. The third kappa shape index (κ3) is 9.59. The molecule has 5 atom stereocenters. The van der Waals surface area contributed by atoms with E-state index in [4.69, 9.17) is 9.47 Å². The molecule has 2 saturated carbocycles. The summed E-state index contributed by atoms with van der Waals surface area (Å²) in [5, 5.41) is 4.58. The smallest absolute Gasteiger partial charge is 0.410 e. The largest absolute Gasteiger partial charge is 0.444 e. The third-order valence-corrected chi connectivity index (χ3v) is 12.1. The number of likely N-dealkylation sites (tertiary alicyclic amines) is 1. The fourth-order valence-corrected chi connectivity index (χ4v) is 8.59. The lowest BCUT2D eigenvalue weighted by Crippen LogP contribution is -2.61. The Balaban J connectivity index is 1.44. The van der Waals surface area contributed by atoms with Crippen molar-refractivity contribution >= 4 is 45.7 Å². The Kier molecular flexibility index (Phi) is 11.8. The van der Waals surface area contributed by atoms with E-state index in [0.29, 0.717) is 24.0 Å². The van der Waals surface area contributed by atoms with Gasteiger partial charge in [-0.15, -0.1) is 6.58 Å². The van der Waals surface area contributed by atoms with Gasteiger partial charge in [0.1, 0.15) is 35.1 Å². The zero-order valence-electron chi connectivity index (χ0n) is 32.9.